The number of rotatable bonds is 6. The molecule has 1 aromatic heterocycles. The van der Waals surface area contributed by atoms with Gasteiger partial charge in [-0.3, -0.25) is 9.59 Å². The van der Waals surface area contributed by atoms with Crippen molar-refractivity contribution in [2.75, 3.05) is 32.1 Å². The molecule has 1 aromatic carbocycles. The Hall–Kier alpha value is -3.03. The molecule has 0 fully saturated rings. The van der Waals surface area contributed by atoms with Gasteiger partial charge < -0.3 is 19.7 Å². The highest BCUT2D eigenvalue weighted by atomic mass is 16.5. The van der Waals surface area contributed by atoms with Crippen LogP contribution in [0.1, 0.15) is 17.4 Å². The van der Waals surface area contributed by atoms with Crippen LogP contribution in [0.25, 0.3) is 0 Å². The van der Waals surface area contributed by atoms with Crippen molar-refractivity contribution >= 4 is 17.5 Å². The summed E-state index contributed by atoms with van der Waals surface area (Å²) in [5, 5.41) is 6.99. The first-order chi connectivity index (χ1) is 12.1. The lowest BCUT2D eigenvalue weighted by Gasteiger charge is -2.19. The van der Waals surface area contributed by atoms with Crippen molar-refractivity contribution in [1.82, 2.24) is 14.7 Å². The summed E-state index contributed by atoms with van der Waals surface area (Å²) in [5.41, 5.74) is 0.928. The van der Waals surface area contributed by atoms with Crippen molar-refractivity contribution in [2.24, 2.45) is 0 Å². The van der Waals surface area contributed by atoms with Gasteiger partial charge in [0.15, 0.2) is 5.69 Å². The number of carbonyl (C=O) groups is 2. The van der Waals surface area contributed by atoms with Gasteiger partial charge in [-0.25, -0.2) is 4.68 Å². The number of ether oxygens (including phenoxy) is 2. The number of benzene rings is 1. The molecule has 1 aliphatic rings. The van der Waals surface area contributed by atoms with Crippen molar-refractivity contribution in [1.29, 1.82) is 0 Å². The molecule has 0 bridgehead atoms. The van der Waals surface area contributed by atoms with Crippen LogP contribution in [0.2, 0.25) is 0 Å². The Labute approximate surface area is 145 Å². The van der Waals surface area contributed by atoms with Crippen LogP contribution in [-0.2, 0) is 11.3 Å². The lowest BCUT2D eigenvalue weighted by Crippen LogP contribution is -2.38. The fraction of sp³-hybridized carbons (Fsp3) is 0.353. The van der Waals surface area contributed by atoms with Crippen molar-refractivity contribution in [3.05, 3.63) is 36.0 Å². The second-order valence-corrected chi connectivity index (χ2v) is 5.54. The van der Waals surface area contributed by atoms with E-state index in [1.165, 1.54) is 4.90 Å². The molecule has 8 heteroatoms. The first-order valence-electron chi connectivity index (χ1n) is 8.04. The molecule has 25 heavy (non-hydrogen) atoms. The molecular formula is C17H20N4O4. The fourth-order valence-electron chi connectivity index (χ4n) is 2.55. The summed E-state index contributed by atoms with van der Waals surface area (Å²) < 4.78 is 12.1. The average Bonchev–Trinajstić information content (AvgIpc) is 3.21. The minimum absolute atomic E-state index is 0.0512. The molecule has 1 N–H and O–H groups in total. The van der Waals surface area contributed by atoms with Gasteiger partial charge in [0.05, 0.1) is 13.7 Å². The Morgan fingerprint density at radius 1 is 1.36 bits per heavy atom. The molecule has 3 rings (SSSR count). The third kappa shape index (κ3) is 3.73. The van der Waals surface area contributed by atoms with E-state index in [2.05, 4.69) is 10.4 Å². The van der Waals surface area contributed by atoms with E-state index >= 15 is 0 Å². The SMILES string of the molecule is CCN(CC(=O)Nc1ccc(OC)cc1)C(=O)c1cc2n(n1)CCO2. The van der Waals surface area contributed by atoms with Gasteiger partial charge in [-0.15, -0.1) is 0 Å². The Morgan fingerprint density at radius 2 is 2.12 bits per heavy atom. The molecule has 132 valence electrons. The Bertz CT molecular complexity index is 748. The van der Waals surface area contributed by atoms with E-state index in [0.717, 1.165) is 0 Å². The molecule has 2 heterocycles. The number of carbonyl (C=O) groups excluding carboxylic acids is 2. The number of nitrogens with one attached hydrogen (secondary N) is 1. The minimum atomic E-state index is -0.294. The lowest BCUT2D eigenvalue weighted by molar-refractivity contribution is -0.116. The maximum atomic E-state index is 12.6. The van der Waals surface area contributed by atoms with E-state index < -0.39 is 0 Å². The predicted molar refractivity (Wildman–Crippen MR) is 90.9 cm³/mol. The summed E-state index contributed by atoms with van der Waals surface area (Å²) in [6.45, 7) is 3.37. The van der Waals surface area contributed by atoms with Crippen LogP contribution in [-0.4, -0.2) is 53.3 Å². The molecule has 0 saturated heterocycles. The number of likely N-dealkylation sites (N-methyl/N-ethyl adjacent to an activating group) is 1. The topological polar surface area (TPSA) is 85.7 Å². The number of hydrogen-bond acceptors (Lipinski definition) is 5. The highest BCUT2D eigenvalue weighted by Gasteiger charge is 2.24. The molecule has 0 spiro atoms. The van der Waals surface area contributed by atoms with Crippen LogP contribution in [0.3, 0.4) is 0 Å². The summed E-state index contributed by atoms with van der Waals surface area (Å²) in [5.74, 6) is 0.724. The van der Waals surface area contributed by atoms with E-state index in [1.54, 1.807) is 42.1 Å². The number of hydrogen-bond donors (Lipinski definition) is 1. The van der Waals surface area contributed by atoms with E-state index in [1.807, 2.05) is 6.92 Å². The normalized spacial score (nSPS) is 12.2. The molecule has 0 saturated carbocycles. The number of nitrogens with zero attached hydrogens (tertiary/aromatic N) is 3. The fourth-order valence-corrected chi connectivity index (χ4v) is 2.55. The molecule has 2 aromatic rings. The van der Waals surface area contributed by atoms with E-state index in [9.17, 15) is 9.59 Å². The Kier molecular flexibility index (Phi) is 4.87. The average molecular weight is 344 g/mol. The number of fused-ring (bicyclic) bond motifs is 1. The first-order valence-corrected chi connectivity index (χ1v) is 8.04. The summed E-state index contributed by atoms with van der Waals surface area (Å²) in [6, 6.07) is 8.60. The van der Waals surface area contributed by atoms with Gasteiger partial charge in [0.1, 0.15) is 18.9 Å². The molecule has 2 amide bonds. The smallest absolute Gasteiger partial charge is 0.274 e. The van der Waals surface area contributed by atoms with E-state index in [-0.39, 0.29) is 24.1 Å². The highest BCUT2D eigenvalue weighted by Crippen LogP contribution is 2.19. The van der Waals surface area contributed by atoms with Gasteiger partial charge >= 0.3 is 0 Å². The summed E-state index contributed by atoms with van der Waals surface area (Å²) >= 11 is 0. The zero-order chi connectivity index (χ0) is 17.8. The van der Waals surface area contributed by atoms with Gasteiger partial charge in [-0.2, -0.15) is 5.10 Å². The second kappa shape index (κ2) is 7.25. The lowest BCUT2D eigenvalue weighted by atomic mass is 10.3. The van der Waals surface area contributed by atoms with Crippen LogP contribution in [0.15, 0.2) is 30.3 Å². The van der Waals surface area contributed by atoms with Gasteiger partial charge in [-0.05, 0) is 31.2 Å². The van der Waals surface area contributed by atoms with Gasteiger partial charge in [0.25, 0.3) is 5.91 Å². The summed E-state index contributed by atoms with van der Waals surface area (Å²) in [6.07, 6.45) is 0. The monoisotopic (exact) mass is 344 g/mol. The maximum Gasteiger partial charge on any atom is 0.274 e. The molecule has 0 unspecified atom stereocenters. The number of amides is 2. The third-order valence-electron chi connectivity index (χ3n) is 3.89. The number of aromatic nitrogens is 2. The predicted octanol–water partition coefficient (Wildman–Crippen LogP) is 1.38. The van der Waals surface area contributed by atoms with Gasteiger partial charge in [-0.1, -0.05) is 0 Å². The van der Waals surface area contributed by atoms with Gasteiger partial charge in [0, 0.05) is 18.3 Å². The molecule has 0 atom stereocenters. The third-order valence-corrected chi connectivity index (χ3v) is 3.89. The standard InChI is InChI=1S/C17H20N4O4/c1-3-20(17(23)14-10-16-21(19-14)8-9-25-16)11-15(22)18-12-4-6-13(24-2)7-5-12/h4-7,10H,3,8-9,11H2,1-2H3,(H,18,22). The minimum Gasteiger partial charge on any atom is -0.497 e. The summed E-state index contributed by atoms with van der Waals surface area (Å²) in [4.78, 5) is 26.2. The molecule has 8 nitrogen and oxygen atoms in total. The maximum absolute atomic E-state index is 12.6. The van der Waals surface area contributed by atoms with Crippen molar-refractivity contribution < 1.29 is 19.1 Å². The Balaban J connectivity index is 1.61. The zero-order valence-electron chi connectivity index (χ0n) is 14.2. The van der Waals surface area contributed by atoms with Crippen LogP contribution in [0.5, 0.6) is 11.6 Å². The van der Waals surface area contributed by atoms with Gasteiger partial charge in [0.2, 0.25) is 11.8 Å². The largest absolute Gasteiger partial charge is 0.497 e. The van der Waals surface area contributed by atoms with Crippen molar-refractivity contribution in [2.45, 2.75) is 13.5 Å². The van der Waals surface area contributed by atoms with Crippen LogP contribution >= 0.6 is 0 Å². The Morgan fingerprint density at radius 3 is 2.76 bits per heavy atom. The van der Waals surface area contributed by atoms with Crippen molar-refractivity contribution in [3.63, 3.8) is 0 Å². The van der Waals surface area contributed by atoms with E-state index in [0.29, 0.717) is 37.0 Å². The van der Waals surface area contributed by atoms with E-state index in [4.69, 9.17) is 9.47 Å². The van der Waals surface area contributed by atoms with Crippen LogP contribution < -0.4 is 14.8 Å². The molecular weight excluding hydrogens is 324 g/mol. The highest BCUT2D eigenvalue weighted by molar-refractivity contribution is 5.98. The first kappa shape index (κ1) is 16.8. The molecule has 1 aliphatic heterocycles. The second-order valence-electron chi connectivity index (χ2n) is 5.54. The number of methoxy groups -OCH3 is 1. The van der Waals surface area contributed by atoms with Crippen LogP contribution in [0.4, 0.5) is 5.69 Å². The quantitative estimate of drug-likeness (QED) is 0.856. The molecule has 0 radical (unpaired) electrons. The number of anilines is 1. The molecule has 0 aliphatic carbocycles. The summed E-state index contributed by atoms with van der Waals surface area (Å²) in [7, 11) is 1.58. The van der Waals surface area contributed by atoms with Crippen molar-refractivity contribution in [3.8, 4) is 11.6 Å². The van der Waals surface area contributed by atoms with Crippen LogP contribution in [0, 0.1) is 0 Å². The zero-order valence-corrected chi connectivity index (χ0v) is 14.2.